The van der Waals surface area contributed by atoms with Crippen LogP contribution in [0.1, 0.15) is 34.0 Å². The molecule has 132 valence electrons. The van der Waals surface area contributed by atoms with Crippen molar-refractivity contribution in [2.45, 2.75) is 18.9 Å². The zero-order chi connectivity index (χ0) is 17.9. The van der Waals surface area contributed by atoms with E-state index < -0.39 is 5.97 Å². The van der Waals surface area contributed by atoms with E-state index in [2.05, 4.69) is 21.7 Å². The van der Waals surface area contributed by atoms with Gasteiger partial charge in [-0.05, 0) is 24.1 Å². The molecular formula is C21H20N2O3. The first-order valence-corrected chi connectivity index (χ1v) is 8.73. The minimum atomic E-state index is -0.910. The fraction of sp³-hybridized carbons (Fsp3) is 0.238. The number of carboxylic acid groups (broad SMARTS) is 1. The largest absolute Gasteiger partial charge is 0.478 e. The lowest BCUT2D eigenvalue weighted by atomic mass is 9.99. The van der Waals surface area contributed by atoms with Gasteiger partial charge in [-0.15, -0.1) is 0 Å². The van der Waals surface area contributed by atoms with E-state index in [0.717, 1.165) is 35.5 Å². The lowest BCUT2D eigenvalue weighted by Gasteiger charge is -2.15. The lowest BCUT2D eigenvalue weighted by Crippen LogP contribution is -2.10. The Bertz CT molecular complexity index is 912. The quantitative estimate of drug-likeness (QED) is 0.762. The van der Waals surface area contributed by atoms with E-state index in [9.17, 15) is 9.90 Å². The Morgan fingerprint density at radius 2 is 2.04 bits per heavy atom. The van der Waals surface area contributed by atoms with E-state index in [1.807, 2.05) is 30.6 Å². The van der Waals surface area contributed by atoms with Gasteiger partial charge in [0.1, 0.15) is 0 Å². The number of rotatable bonds is 5. The summed E-state index contributed by atoms with van der Waals surface area (Å²) in [6, 6.07) is 17.2. The minimum absolute atomic E-state index is 0.301. The zero-order valence-electron chi connectivity index (χ0n) is 14.3. The maximum absolute atomic E-state index is 11.2. The summed E-state index contributed by atoms with van der Waals surface area (Å²) in [4.78, 5) is 15.9. The molecule has 0 aliphatic carbocycles. The first kappa shape index (κ1) is 16.5. The Hall–Kier alpha value is -2.92. The molecule has 5 heteroatoms. The van der Waals surface area contributed by atoms with Crippen LogP contribution < -0.4 is 0 Å². The highest BCUT2D eigenvalue weighted by Crippen LogP contribution is 2.33. The monoisotopic (exact) mass is 348 g/mol. The van der Waals surface area contributed by atoms with Gasteiger partial charge in [0.25, 0.3) is 0 Å². The number of aromatic nitrogens is 2. The van der Waals surface area contributed by atoms with Crippen molar-refractivity contribution < 1.29 is 14.6 Å². The highest BCUT2D eigenvalue weighted by molar-refractivity contribution is 5.87. The molecule has 1 saturated heterocycles. The second-order valence-corrected chi connectivity index (χ2v) is 6.54. The topological polar surface area (TPSA) is 64.3 Å². The predicted molar refractivity (Wildman–Crippen MR) is 98.3 cm³/mol. The van der Waals surface area contributed by atoms with Gasteiger partial charge in [0.05, 0.1) is 29.9 Å². The maximum atomic E-state index is 11.2. The van der Waals surface area contributed by atoms with Crippen LogP contribution in [0.25, 0.3) is 11.3 Å². The van der Waals surface area contributed by atoms with Gasteiger partial charge >= 0.3 is 5.97 Å². The van der Waals surface area contributed by atoms with E-state index in [0.29, 0.717) is 24.6 Å². The molecule has 2 heterocycles. The second kappa shape index (κ2) is 7.14. The SMILES string of the molecule is O=C(O)c1cccc(Cn2cnc(-c3ccccc3)c2[C@@H]2CCOC2)c1. The van der Waals surface area contributed by atoms with Crippen molar-refractivity contribution in [3.8, 4) is 11.3 Å². The summed E-state index contributed by atoms with van der Waals surface area (Å²) < 4.78 is 7.74. The number of ether oxygens (including phenoxy) is 1. The molecule has 2 aromatic carbocycles. The second-order valence-electron chi connectivity index (χ2n) is 6.54. The molecule has 0 amide bonds. The summed E-state index contributed by atoms with van der Waals surface area (Å²) in [7, 11) is 0. The number of imidazole rings is 1. The van der Waals surface area contributed by atoms with Crippen molar-refractivity contribution in [3.05, 3.63) is 77.7 Å². The third kappa shape index (κ3) is 3.26. The van der Waals surface area contributed by atoms with Crippen molar-refractivity contribution in [1.82, 2.24) is 9.55 Å². The van der Waals surface area contributed by atoms with E-state index >= 15 is 0 Å². The molecule has 1 N–H and O–H groups in total. The summed E-state index contributed by atoms with van der Waals surface area (Å²) in [6.07, 6.45) is 2.82. The fourth-order valence-corrected chi connectivity index (χ4v) is 3.51. The Labute approximate surface area is 151 Å². The van der Waals surface area contributed by atoms with E-state index in [-0.39, 0.29) is 0 Å². The van der Waals surface area contributed by atoms with Gasteiger partial charge in [0, 0.05) is 24.6 Å². The van der Waals surface area contributed by atoms with Gasteiger partial charge in [-0.1, -0.05) is 42.5 Å². The average molecular weight is 348 g/mol. The first-order valence-electron chi connectivity index (χ1n) is 8.73. The van der Waals surface area contributed by atoms with Crippen LogP contribution in [0.3, 0.4) is 0 Å². The van der Waals surface area contributed by atoms with Gasteiger partial charge < -0.3 is 14.4 Å². The van der Waals surface area contributed by atoms with Gasteiger partial charge in [-0.3, -0.25) is 0 Å². The first-order chi connectivity index (χ1) is 12.7. The van der Waals surface area contributed by atoms with E-state index in [1.165, 1.54) is 0 Å². The molecule has 1 aromatic heterocycles. The summed E-state index contributed by atoms with van der Waals surface area (Å²) in [5.41, 5.74) is 4.48. The molecule has 1 fully saturated rings. The average Bonchev–Trinajstić information content (AvgIpc) is 3.32. The summed E-state index contributed by atoms with van der Waals surface area (Å²) >= 11 is 0. The van der Waals surface area contributed by atoms with E-state index in [4.69, 9.17) is 4.74 Å². The third-order valence-electron chi connectivity index (χ3n) is 4.77. The Balaban J connectivity index is 1.73. The van der Waals surface area contributed by atoms with Crippen LogP contribution in [0.15, 0.2) is 60.9 Å². The van der Waals surface area contributed by atoms with Crippen LogP contribution >= 0.6 is 0 Å². The summed E-state index contributed by atoms with van der Waals surface area (Å²) in [5, 5.41) is 9.22. The van der Waals surface area contributed by atoms with Crippen LogP contribution in [0, 0.1) is 0 Å². The normalized spacial score (nSPS) is 16.7. The number of benzene rings is 2. The lowest BCUT2D eigenvalue weighted by molar-refractivity contribution is 0.0696. The highest BCUT2D eigenvalue weighted by atomic mass is 16.5. The third-order valence-corrected chi connectivity index (χ3v) is 4.77. The number of nitrogens with zero attached hydrogens (tertiary/aromatic N) is 2. The van der Waals surface area contributed by atoms with Crippen LogP contribution in [-0.4, -0.2) is 33.8 Å². The Kier molecular flexibility index (Phi) is 4.54. The van der Waals surface area contributed by atoms with Crippen LogP contribution in [0.2, 0.25) is 0 Å². The molecule has 1 aliphatic heterocycles. The maximum Gasteiger partial charge on any atom is 0.335 e. The molecular weight excluding hydrogens is 328 g/mol. The molecule has 5 nitrogen and oxygen atoms in total. The number of carbonyl (C=O) groups is 1. The van der Waals surface area contributed by atoms with Gasteiger partial charge in [0.2, 0.25) is 0 Å². The molecule has 0 radical (unpaired) electrons. The number of hydrogen-bond donors (Lipinski definition) is 1. The van der Waals surface area contributed by atoms with Gasteiger partial charge in [0.15, 0.2) is 0 Å². The molecule has 0 unspecified atom stereocenters. The van der Waals surface area contributed by atoms with Crippen LogP contribution in [0.4, 0.5) is 0 Å². The predicted octanol–water partition coefficient (Wildman–Crippen LogP) is 3.80. The van der Waals surface area contributed by atoms with Gasteiger partial charge in [-0.2, -0.15) is 0 Å². The van der Waals surface area contributed by atoms with Crippen molar-refractivity contribution in [2.24, 2.45) is 0 Å². The van der Waals surface area contributed by atoms with E-state index in [1.54, 1.807) is 18.2 Å². The smallest absolute Gasteiger partial charge is 0.335 e. The Morgan fingerprint density at radius 3 is 2.77 bits per heavy atom. The molecule has 3 aromatic rings. The Morgan fingerprint density at radius 1 is 1.19 bits per heavy atom. The highest BCUT2D eigenvalue weighted by Gasteiger charge is 2.26. The van der Waals surface area contributed by atoms with Crippen molar-refractivity contribution in [1.29, 1.82) is 0 Å². The molecule has 0 bridgehead atoms. The van der Waals surface area contributed by atoms with Crippen molar-refractivity contribution >= 4 is 5.97 Å². The number of aromatic carboxylic acids is 1. The van der Waals surface area contributed by atoms with Crippen LogP contribution in [0.5, 0.6) is 0 Å². The van der Waals surface area contributed by atoms with Gasteiger partial charge in [-0.25, -0.2) is 9.78 Å². The summed E-state index contributed by atoms with van der Waals surface area (Å²) in [5.74, 6) is -0.609. The van der Waals surface area contributed by atoms with Crippen molar-refractivity contribution in [3.63, 3.8) is 0 Å². The minimum Gasteiger partial charge on any atom is -0.478 e. The van der Waals surface area contributed by atoms with Crippen LogP contribution in [-0.2, 0) is 11.3 Å². The number of carboxylic acids is 1. The molecule has 0 spiro atoms. The number of hydrogen-bond acceptors (Lipinski definition) is 3. The molecule has 0 saturated carbocycles. The standard InChI is InChI=1S/C21H20N2O3/c24-21(25)17-8-4-5-15(11-17)12-23-14-22-19(16-6-2-1-3-7-16)20(23)18-9-10-26-13-18/h1-8,11,14,18H,9-10,12-13H2,(H,24,25)/t18-/m1/s1. The zero-order valence-corrected chi connectivity index (χ0v) is 14.3. The van der Waals surface area contributed by atoms with Crippen molar-refractivity contribution in [2.75, 3.05) is 13.2 Å². The fourth-order valence-electron chi connectivity index (χ4n) is 3.51. The summed E-state index contributed by atoms with van der Waals surface area (Å²) in [6.45, 7) is 2.05. The molecule has 1 atom stereocenters. The molecule has 4 rings (SSSR count). The molecule has 1 aliphatic rings. The molecule has 26 heavy (non-hydrogen) atoms.